The van der Waals surface area contributed by atoms with Crippen LogP contribution in [-0.4, -0.2) is 18.4 Å². The molecule has 3 rings (SSSR count). The van der Waals surface area contributed by atoms with E-state index in [1.807, 2.05) is 42.5 Å². The molecule has 0 aromatic heterocycles. The molecule has 2 amide bonds. The summed E-state index contributed by atoms with van der Waals surface area (Å²) in [5, 5.41) is 2.62. The quantitative estimate of drug-likeness (QED) is 0.805. The van der Waals surface area contributed by atoms with E-state index in [4.69, 9.17) is 0 Å². The van der Waals surface area contributed by atoms with Crippen molar-refractivity contribution in [3.05, 3.63) is 60.2 Å². The summed E-state index contributed by atoms with van der Waals surface area (Å²) in [5.74, 6) is -1.12. The van der Waals surface area contributed by atoms with Crippen LogP contribution >= 0.6 is 0 Å². The van der Waals surface area contributed by atoms with Crippen molar-refractivity contribution in [3.8, 4) is 0 Å². The van der Waals surface area contributed by atoms with Crippen LogP contribution in [0.2, 0.25) is 0 Å². The number of benzene rings is 2. The monoisotopic (exact) mass is 266 g/mol. The highest BCUT2D eigenvalue weighted by molar-refractivity contribution is 6.44. The van der Waals surface area contributed by atoms with Crippen LogP contribution in [-0.2, 0) is 16.0 Å². The lowest BCUT2D eigenvalue weighted by atomic mass is 10.2. The van der Waals surface area contributed by atoms with E-state index in [0.29, 0.717) is 12.2 Å². The maximum absolute atomic E-state index is 12.2. The molecular formula is C16H14N2O2. The van der Waals surface area contributed by atoms with Crippen LogP contribution in [0.1, 0.15) is 5.56 Å². The third-order valence-corrected chi connectivity index (χ3v) is 3.36. The Kier molecular flexibility index (Phi) is 3.21. The second-order valence-electron chi connectivity index (χ2n) is 4.66. The zero-order valence-electron chi connectivity index (χ0n) is 10.9. The first-order valence-electron chi connectivity index (χ1n) is 6.51. The van der Waals surface area contributed by atoms with Crippen LogP contribution in [0.15, 0.2) is 54.6 Å². The van der Waals surface area contributed by atoms with E-state index < -0.39 is 11.8 Å². The first-order chi connectivity index (χ1) is 9.75. The first-order valence-corrected chi connectivity index (χ1v) is 6.51. The van der Waals surface area contributed by atoms with Gasteiger partial charge >= 0.3 is 11.8 Å². The number of anilines is 2. The second-order valence-corrected chi connectivity index (χ2v) is 4.66. The van der Waals surface area contributed by atoms with Gasteiger partial charge in [0.2, 0.25) is 0 Å². The summed E-state index contributed by atoms with van der Waals surface area (Å²) >= 11 is 0. The Morgan fingerprint density at radius 3 is 2.45 bits per heavy atom. The zero-order valence-corrected chi connectivity index (χ0v) is 10.9. The number of hydrogen-bond donors (Lipinski definition) is 1. The van der Waals surface area contributed by atoms with Gasteiger partial charge in [-0.2, -0.15) is 0 Å². The minimum Gasteiger partial charge on any atom is -0.318 e. The van der Waals surface area contributed by atoms with Gasteiger partial charge < -0.3 is 10.2 Å². The molecule has 0 fully saturated rings. The van der Waals surface area contributed by atoms with E-state index in [2.05, 4.69) is 5.32 Å². The van der Waals surface area contributed by atoms with Crippen molar-refractivity contribution in [2.24, 2.45) is 0 Å². The highest BCUT2D eigenvalue weighted by atomic mass is 16.2. The number of nitrogens with one attached hydrogen (secondary N) is 1. The predicted octanol–water partition coefficient (Wildman–Crippen LogP) is 2.21. The fourth-order valence-electron chi connectivity index (χ4n) is 2.38. The van der Waals surface area contributed by atoms with Crippen molar-refractivity contribution in [3.63, 3.8) is 0 Å². The van der Waals surface area contributed by atoms with E-state index in [1.54, 1.807) is 12.1 Å². The fraction of sp³-hybridized carbons (Fsp3) is 0.125. The Balaban J connectivity index is 1.76. The summed E-state index contributed by atoms with van der Waals surface area (Å²) in [6.45, 7) is 0.556. The Morgan fingerprint density at radius 1 is 0.950 bits per heavy atom. The van der Waals surface area contributed by atoms with Gasteiger partial charge in [-0.1, -0.05) is 36.4 Å². The molecule has 1 N–H and O–H groups in total. The molecule has 1 aliphatic rings. The molecule has 4 nitrogen and oxygen atoms in total. The van der Waals surface area contributed by atoms with Crippen molar-refractivity contribution in [1.29, 1.82) is 0 Å². The van der Waals surface area contributed by atoms with Crippen LogP contribution in [0, 0.1) is 0 Å². The third-order valence-electron chi connectivity index (χ3n) is 3.36. The van der Waals surface area contributed by atoms with Crippen molar-refractivity contribution >= 4 is 23.2 Å². The topological polar surface area (TPSA) is 49.4 Å². The van der Waals surface area contributed by atoms with Crippen molar-refractivity contribution in [1.82, 2.24) is 0 Å². The van der Waals surface area contributed by atoms with E-state index in [-0.39, 0.29) is 0 Å². The van der Waals surface area contributed by atoms with Gasteiger partial charge in [-0.15, -0.1) is 0 Å². The fourth-order valence-corrected chi connectivity index (χ4v) is 2.38. The van der Waals surface area contributed by atoms with E-state index >= 15 is 0 Å². The number of hydrogen-bond acceptors (Lipinski definition) is 2. The minimum absolute atomic E-state index is 0.515. The van der Waals surface area contributed by atoms with Gasteiger partial charge in [0.1, 0.15) is 0 Å². The number of nitrogens with zero attached hydrogens (tertiary/aromatic N) is 1. The summed E-state index contributed by atoms with van der Waals surface area (Å²) in [6.07, 6.45) is 0.792. The molecule has 100 valence electrons. The lowest BCUT2D eigenvalue weighted by Gasteiger charge is -2.16. The Hall–Kier alpha value is -2.62. The molecule has 0 saturated carbocycles. The largest absolute Gasteiger partial charge is 0.318 e. The molecule has 0 spiro atoms. The molecule has 0 atom stereocenters. The van der Waals surface area contributed by atoms with E-state index in [9.17, 15) is 9.59 Å². The number of carbonyl (C=O) groups excluding carboxylic acids is 2. The Morgan fingerprint density at radius 2 is 1.65 bits per heavy atom. The zero-order chi connectivity index (χ0) is 13.9. The lowest BCUT2D eigenvalue weighted by molar-refractivity contribution is -0.134. The molecule has 0 saturated heterocycles. The van der Waals surface area contributed by atoms with Crippen LogP contribution in [0.4, 0.5) is 11.4 Å². The van der Waals surface area contributed by atoms with Crippen LogP contribution in [0.3, 0.4) is 0 Å². The van der Waals surface area contributed by atoms with Crippen molar-refractivity contribution in [2.45, 2.75) is 6.42 Å². The molecule has 0 unspecified atom stereocenters. The van der Waals surface area contributed by atoms with E-state index in [1.165, 1.54) is 4.90 Å². The highest BCUT2D eigenvalue weighted by Crippen LogP contribution is 2.27. The number of fused-ring (bicyclic) bond motifs is 1. The normalized spacial score (nSPS) is 12.9. The molecule has 2 aromatic rings. The standard InChI is InChI=1S/C16H14N2O2/c19-15(17-13-7-2-1-3-8-13)16(20)18-11-10-12-6-4-5-9-14(12)18/h1-9H,10-11H2,(H,17,19). The predicted molar refractivity (Wildman–Crippen MR) is 77.6 cm³/mol. The summed E-state index contributed by atoms with van der Waals surface area (Å²) in [6, 6.07) is 16.7. The summed E-state index contributed by atoms with van der Waals surface area (Å²) in [4.78, 5) is 25.8. The van der Waals surface area contributed by atoms with Crippen molar-refractivity contribution < 1.29 is 9.59 Å². The molecule has 0 radical (unpaired) electrons. The summed E-state index contributed by atoms with van der Waals surface area (Å²) in [5.41, 5.74) is 2.56. The Bertz CT molecular complexity index is 653. The summed E-state index contributed by atoms with van der Waals surface area (Å²) in [7, 11) is 0. The number of rotatable bonds is 1. The molecule has 20 heavy (non-hydrogen) atoms. The minimum atomic E-state index is -0.604. The summed E-state index contributed by atoms with van der Waals surface area (Å²) < 4.78 is 0. The lowest BCUT2D eigenvalue weighted by Crippen LogP contribution is -2.38. The number of carbonyl (C=O) groups is 2. The van der Waals surface area contributed by atoms with Gasteiger partial charge in [0.05, 0.1) is 0 Å². The van der Waals surface area contributed by atoms with Gasteiger partial charge in [-0.05, 0) is 30.2 Å². The van der Waals surface area contributed by atoms with Gasteiger partial charge in [0, 0.05) is 17.9 Å². The second kappa shape index (κ2) is 5.17. The molecular weight excluding hydrogens is 252 g/mol. The van der Waals surface area contributed by atoms with Crippen molar-refractivity contribution in [2.75, 3.05) is 16.8 Å². The SMILES string of the molecule is O=C(Nc1ccccc1)C(=O)N1CCc2ccccc21. The molecule has 0 bridgehead atoms. The van der Waals surface area contributed by atoms with E-state index in [0.717, 1.165) is 17.7 Å². The smallest absolute Gasteiger partial charge is 0.316 e. The Labute approximate surface area is 117 Å². The van der Waals surface area contributed by atoms with Gasteiger partial charge in [0.15, 0.2) is 0 Å². The van der Waals surface area contributed by atoms with Gasteiger partial charge in [-0.25, -0.2) is 0 Å². The molecule has 2 aromatic carbocycles. The highest BCUT2D eigenvalue weighted by Gasteiger charge is 2.28. The third kappa shape index (κ3) is 2.28. The average Bonchev–Trinajstić information content (AvgIpc) is 2.91. The molecule has 1 aliphatic heterocycles. The van der Waals surface area contributed by atoms with Gasteiger partial charge in [-0.3, -0.25) is 9.59 Å². The molecule has 1 heterocycles. The van der Waals surface area contributed by atoms with Gasteiger partial charge in [0.25, 0.3) is 0 Å². The van der Waals surface area contributed by atoms with Crippen LogP contribution in [0.25, 0.3) is 0 Å². The molecule has 4 heteroatoms. The van der Waals surface area contributed by atoms with Crippen LogP contribution in [0.5, 0.6) is 0 Å². The average molecular weight is 266 g/mol. The maximum Gasteiger partial charge on any atom is 0.316 e. The number of amides is 2. The van der Waals surface area contributed by atoms with Crippen LogP contribution < -0.4 is 10.2 Å². The maximum atomic E-state index is 12.2. The molecule has 0 aliphatic carbocycles. The number of para-hydroxylation sites is 2. The first kappa shape index (κ1) is 12.4.